The molecule has 0 spiro atoms. The van der Waals surface area contributed by atoms with E-state index in [9.17, 15) is 4.79 Å². The van der Waals surface area contributed by atoms with Crippen LogP contribution in [0.15, 0.2) is 48.7 Å². The van der Waals surface area contributed by atoms with Gasteiger partial charge >= 0.3 is 0 Å². The predicted molar refractivity (Wildman–Crippen MR) is 99.5 cm³/mol. The molecular weight excluding hydrogens is 298 g/mol. The standard InChI is InChI=1S/C20H27N3O/c1-3-4-15-23(2)18-12-13-19(22-16-18)20(24)21-14-8-11-17-9-6-5-7-10-17/h5-7,9-10,12-13,16H,3-4,8,11,14-15H2,1-2H3,(H,21,24). The smallest absolute Gasteiger partial charge is 0.269 e. The molecule has 2 aromatic rings. The van der Waals surface area contributed by atoms with Gasteiger partial charge < -0.3 is 10.2 Å². The summed E-state index contributed by atoms with van der Waals surface area (Å²) >= 11 is 0. The summed E-state index contributed by atoms with van der Waals surface area (Å²) in [6.45, 7) is 3.84. The molecule has 0 unspecified atom stereocenters. The van der Waals surface area contributed by atoms with Crippen LogP contribution in [-0.2, 0) is 6.42 Å². The summed E-state index contributed by atoms with van der Waals surface area (Å²) in [7, 11) is 2.05. The number of aromatic nitrogens is 1. The van der Waals surface area contributed by atoms with Gasteiger partial charge in [-0.15, -0.1) is 0 Å². The molecule has 1 heterocycles. The SMILES string of the molecule is CCCCN(C)c1ccc(C(=O)NCCCc2ccccc2)nc1. The molecule has 0 aliphatic heterocycles. The van der Waals surface area contributed by atoms with Crippen LogP contribution < -0.4 is 10.2 Å². The number of carbonyl (C=O) groups is 1. The minimum Gasteiger partial charge on any atom is -0.373 e. The molecule has 24 heavy (non-hydrogen) atoms. The van der Waals surface area contributed by atoms with E-state index in [1.54, 1.807) is 12.3 Å². The van der Waals surface area contributed by atoms with Crippen molar-refractivity contribution < 1.29 is 4.79 Å². The number of hydrogen-bond acceptors (Lipinski definition) is 3. The van der Waals surface area contributed by atoms with E-state index >= 15 is 0 Å². The third-order valence-electron chi connectivity index (χ3n) is 4.04. The monoisotopic (exact) mass is 325 g/mol. The van der Waals surface area contributed by atoms with Gasteiger partial charge in [-0.1, -0.05) is 43.7 Å². The molecule has 128 valence electrons. The summed E-state index contributed by atoms with van der Waals surface area (Å²) in [6.07, 6.45) is 5.99. The fraction of sp³-hybridized carbons (Fsp3) is 0.400. The molecule has 4 nitrogen and oxygen atoms in total. The van der Waals surface area contributed by atoms with Crippen LogP contribution in [0.1, 0.15) is 42.2 Å². The maximum atomic E-state index is 12.1. The molecular formula is C20H27N3O. The molecule has 0 fully saturated rings. The highest BCUT2D eigenvalue weighted by atomic mass is 16.1. The van der Waals surface area contributed by atoms with Gasteiger partial charge in [0.05, 0.1) is 11.9 Å². The van der Waals surface area contributed by atoms with Crippen LogP contribution in [0.25, 0.3) is 0 Å². The number of unbranched alkanes of at least 4 members (excludes halogenated alkanes) is 1. The molecule has 0 radical (unpaired) electrons. The lowest BCUT2D eigenvalue weighted by molar-refractivity contribution is 0.0948. The van der Waals surface area contributed by atoms with Crippen molar-refractivity contribution in [3.63, 3.8) is 0 Å². The fourth-order valence-electron chi connectivity index (χ4n) is 2.50. The zero-order chi connectivity index (χ0) is 17.2. The lowest BCUT2D eigenvalue weighted by Gasteiger charge is -2.18. The molecule has 0 saturated carbocycles. The number of nitrogens with zero attached hydrogens (tertiary/aromatic N) is 2. The van der Waals surface area contributed by atoms with Crippen molar-refractivity contribution in [2.24, 2.45) is 0 Å². The maximum Gasteiger partial charge on any atom is 0.269 e. The van der Waals surface area contributed by atoms with E-state index in [0.717, 1.165) is 31.5 Å². The summed E-state index contributed by atoms with van der Waals surface area (Å²) in [4.78, 5) is 18.6. The Kier molecular flexibility index (Phi) is 7.27. The number of hydrogen-bond donors (Lipinski definition) is 1. The zero-order valence-corrected chi connectivity index (χ0v) is 14.7. The maximum absolute atomic E-state index is 12.1. The Labute approximate surface area is 144 Å². The summed E-state index contributed by atoms with van der Waals surface area (Å²) < 4.78 is 0. The number of anilines is 1. The van der Waals surface area contributed by atoms with E-state index in [2.05, 4.69) is 41.3 Å². The van der Waals surface area contributed by atoms with E-state index in [4.69, 9.17) is 0 Å². The van der Waals surface area contributed by atoms with E-state index in [1.165, 1.54) is 12.0 Å². The van der Waals surface area contributed by atoms with Crippen molar-refractivity contribution in [1.82, 2.24) is 10.3 Å². The number of aryl methyl sites for hydroxylation is 1. The molecule has 1 aromatic heterocycles. The first kappa shape index (κ1) is 18.0. The molecule has 2 rings (SSSR count). The van der Waals surface area contributed by atoms with Gasteiger partial charge in [-0.05, 0) is 37.0 Å². The van der Waals surface area contributed by atoms with E-state index in [1.807, 2.05) is 24.3 Å². The summed E-state index contributed by atoms with van der Waals surface area (Å²) in [5, 5.41) is 2.94. The Hall–Kier alpha value is -2.36. The minimum atomic E-state index is -0.106. The van der Waals surface area contributed by atoms with Gasteiger partial charge in [0.1, 0.15) is 5.69 Å². The number of benzene rings is 1. The van der Waals surface area contributed by atoms with E-state index < -0.39 is 0 Å². The van der Waals surface area contributed by atoms with Crippen LogP contribution in [0.5, 0.6) is 0 Å². The van der Waals surface area contributed by atoms with Crippen LogP contribution in [-0.4, -0.2) is 31.0 Å². The van der Waals surface area contributed by atoms with Crippen molar-refractivity contribution in [3.05, 3.63) is 59.9 Å². The molecule has 1 amide bonds. The van der Waals surface area contributed by atoms with Gasteiger partial charge in [0.15, 0.2) is 0 Å². The Morgan fingerprint density at radius 2 is 1.92 bits per heavy atom. The van der Waals surface area contributed by atoms with Crippen LogP contribution in [0.3, 0.4) is 0 Å². The molecule has 0 saturated heterocycles. The van der Waals surface area contributed by atoms with Gasteiger partial charge in [0.25, 0.3) is 5.91 Å². The normalized spacial score (nSPS) is 10.4. The average molecular weight is 325 g/mol. The van der Waals surface area contributed by atoms with Crippen LogP contribution in [0, 0.1) is 0 Å². The first-order valence-electron chi connectivity index (χ1n) is 8.70. The second kappa shape index (κ2) is 9.71. The highest BCUT2D eigenvalue weighted by Crippen LogP contribution is 2.12. The van der Waals surface area contributed by atoms with E-state index in [-0.39, 0.29) is 5.91 Å². The molecule has 0 bridgehead atoms. The Bertz CT molecular complexity index is 611. The average Bonchev–Trinajstić information content (AvgIpc) is 2.64. The largest absolute Gasteiger partial charge is 0.373 e. The van der Waals surface area contributed by atoms with Gasteiger partial charge in [-0.3, -0.25) is 4.79 Å². The molecule has 1 aromatic carbocycles. The van der Waals surface area contributed by atoms with Crippen LogP contribution in [0.2, 0.25) is 0 Å². The summed E-state index contributed by atoms with van der Waals surface area (Å²) in [5.41, 5.74) is 2.82. The number of nitrogens with one attached hydrogen (secondary N) is 1. The second-order valence-electron chi connectivity index (χ2n) is 6.02. The topological polar surface area (TPSA) is 45.2 Å². The van der Waals surface area contributed by atoms with E-state index in [0.29, 0.717) is 12.2 Å². The Morgan fingerprint density at radius 1 is 1.12 bits per heavy atom. The van der Waals surface area contributed by atoms with Gasteiger partial charge in [0, 0.05) is 20.1 Å². The van der Waals surface area contributed by atoms with Crippen LogP contribution in [0.4, 0.5) is 5.69 Å². The van der Waals surface area contributed by atoms with Crippen LogP contribution >= 0.6 is 0 Å². The quantitative estimate of drug-likeness (QED) is 0.715. The molecule has 4 heteroatoms. The Balaban J connectivity index is 1.76. The Morgan fingerprint density at radius 3 is 2.58 bits per heavy atom. The lowest BCUT2D eigenvalue weighted by Crippen LogP contribution is -2.26. The summed E-state index contributed by atoms with van der Waals surface area (Å²) in [5.74, 6) is -0.106. The van der Waals surface area contributed by atoms with Crippen molar-refractivity contribution in [2.45, 2.75) is 32.6 Å². The van der Waals surface area contributed by atoms with Crippen molar-refractivity contribution in [2.75, 3.05) is 25.0 Å². The first-order chi connectivity index (χ1) is 11.7. The summed E-state index contributed by atoms with van der Waals surface area (Å²) in [6, 6.07) is 14.1. The predicted octanol–water partition coefficient (Wildman–Crippen LogP) is 3.68. The number of rotatable bonds is 9. The highest BCUT2D eigenvalue weighted by Gasteiger charge is 2.07. The first-order valence-corrected chi connectivity index (χ1v) is 8.70. The van der Waals surface area contributed by atoms with Crippen molar-refractivity contribution in [3.8, 4) is 0 Å². The lowest BCUT2D eigenvalue weighted by atomic mass is 10.1. The fourth-order valence-corrected chi connectivity index (χ4v) is 2.50. The second-order valence-corrected chi connectivity index (χ2v) is 6.02. The van der Waals surface area contributed by atoms with Gasteiger partial charge in [0.2, 0.25) is 0 Å². The molecule has 0 atom stereocenters. The zero-order valence-electron chi connectivity index (χ0n) is 14.7. The molecule has 1 N–H and O–H groups in total. The number of amides is 1. The van der Waals surface area contributed by atoms with Crippen molar-refractivity contribution >= 4 is 11.6 Å². The van der Waals surface area contributed by atoms with Gasteiger partial charge in [-0.2, -0.15) is 0 Å². The number of pyridine rings is 1. The molecule has 0 aliphatic rings. The third-order valence-corrected chi connectivity index (χ3v) is 4.04. The third kappa shape index (κ3) is 5.69. The number of carbonyl (C=O) groups excluding carboxylic acids is 1. The van der Waals surface area contributed by atoms with Crippen molar-refractivity contribution in [1.29, 1.82) is 0 Å². The highest BCUT2D eigenvalue weighted by molar-refractivity contribution is 5.92. The minimum absolute atomic E-state index is 0.106. The van der Waals surface area contributed by atoms with Gasteiger partial charge in [-0.25, -0.2) is 4.98 Å². The molecule has 0 aliphatic carbocycles.